The third-order valence-corrected chi connectivity index (χ3v) is 3.44. The van der Waals surface area contributed by atoms with Crippen molar-refractivity contribution < 1.29 is 19.4 Å². The Morgan fingerprint density at radius 3 is 2.94 bits per heavy atom. The fourth-order valence-corrected chi connectivity index (χ4v) is 2.25. The highest BCUT2D eigenvalue weighted by atomic mass is 16.5. The second-order valence-electron chi connectivity index (χ2n) is 4.58. The zero-order chi connectivity index (χ0) is 12.2. The molecule has 0 aromatic rings. The van der Waals surface area contributed by atoms with Gasteiger partial charge in [-0.25, -0.2) is 0 Å². The van der Waals surface area contributed by atoms with E-state index in [1.54, 1.807) is 6.92 Å². The van der Waals surface area contributed by atoms with Crippen LogP contribution in [0.25, 0.3) is 0 Å². The Bertz CT molecular complexity index is 239. The molecule has 1 rings (SSSR count). The van der Waals surface area contributed by atoms with E-state index in [9.17, 15) is 9.90 Å². The Balaban J connectivity index is 2.64. The highest BCUT2D eigenvalue weighted by Gasteiger charge is 2.43. The third kappa shape index (κ3) is 2.95. The van der Waals surface area contributed by atoms with Crippen LogP contribution in [0.3, 0.4) is 0 Å². The van der Waals surface area contributed by atoms with Crippen LogP contribution in [0.15, 0.2) is 0 Å². The zero-order valence-electron chi connectivity index (χ0n) is 10.4. The smallest absolute Gasteiger partial charge is 0.311 e. The fraction of sp³-hybridized carbons (Fsp3) is 0.917. The molecule has 0 bridgehead atoms. The standard InChI is InChI=1S/C12H22O4/c1-4-5-10-8-12(14,6-7-16-10)9(2)11(13)15-3/h9-10,14H,4-8H2,1-3H3. The van der Waals surface area contributed by atoms with Gasteiger partial charge in [0.05, 0.1) is 24.7 Å². The number of carbonyl (C=O) groups is 1. The summed E-state index contributed by atoms with van der Waals surface area (Å²) in [7, 11) is 1.35. The van der Waals surface area contributed by atoms with Gasteiger partial charge in [0.25, 0.3) is 0 Å². The summed E-state index contributed by atoms with van der Waals surface area (Å²) < 4.78 is 10.3. The number of esters is 1. The highest BCUT2D eigenvalue weighted by molar-refractivity contribution is 5.73. The van der Waals surface area contributed by atoms with E-state index in [-0.39, 0.29) is 12.1 Å². The minimum atomic E-state index is -0.967. The molecule has 3 unspecified atom stereocenters. The van der Waals surface area contributed by atoms with Gasteiger partial charge in [0.1, 0.15) is 0 Å². The van der Waals surface area contributed by atoms with Crippen molar-refractivity contribution in [1.29, 1.82) is 0 Å². The number of carbonyl (C=O) groups excluding carboxylic acids is 1. The number of ether oxygens (including phenoxy) is 2. The number of hydrogen-bond donors (Lipinski definition) is 1. The second-order valence-corrected chi connectivity index (χ2v) is 4.58. The molecule has 4 nitrogen and oxygen atoms in total. The maximum atomic E-state index is 11.5. The molecular formula is C12H22O4. The fourth-order valence-electron chi connectivity index (χ4n) is 2.25. The molecule has 0 aromatic heterocycles. The lowest BCUT2D eigenvalue weighted by Gasteiger charge is -2.39. The molecular weight excluding hydrogens is 208 g/mol. The summed E-state index contributed by atoms with van der Waals surface area (Å²) in [6, 6.07) is 0. The second kappa shape index (κ2) is 5.64. The largest absolute Gasteiger partial charge is 0.469 e. The molecule has 1 aliphatic rings. The van der Waals surface area contributed by atoms with E-state index in [1.807, 2.05) is 0 Å². The van der Waals surface area contributed by atoms with Crippen LogP contribution in [0.1, 0.15) is 39.5 Å². The van der Waals surface area contributed by atoms with Crippen LogP contribution in [0.5, 0.6) is 0 Å². The Hall–Kier alpha value is -0.610. The quantitative estimate of drug-likeness (QED) is 0.744. The number of methoxy groups -OCH3 is 1. The van der Waals surface area contributed by atoms with E-state index in [2.05, 4.69) is 11.7 Å². The molecule has 0 aromatic carbocycles. The van der Waals surface area contributed by atoms with Gasteiger partial charge in [-0.15, -0.1) is 0 Å². The summed E-state index contributed by atoms with van der Waals surface area (Å²) in [5.41, 5.74) is -0.967. The Kier molecular flexibility index (Phi) is 4.74. The first-order chi connectivity index (χ1) is 7.53. The van der Waals surface area contributed by atoms with Crippen LogP contribution < -0.4 is 0 Å². The zero-order valence-corrected chi connectivity index (χ0v) is 10.4. The van der Waals surface area contributed by atoms with Gasteiger partial charge < -0.3 is 14.6 Å². The monoisotopic (exact) mass is 230 g/mol. The molecule has 1 aliphatic heterocycles. The van der Waals surface area contributed by atoms with Crippen molar-refractivity contribution in [2.75, 3.05) is 13.7 Å². The summed E-state index contributed by atoms with van der Waals surface area (Å²) in [6.45, 7) is 4.32. The molecule has 0 amide bonds. The van der Waals surface area contributed by atoms with Crippen LogP contribution in [-0.4, -0.2) is 36.5 Å². The lowest BCUT2D eigenvalue weighted by molar-refractivity contribution is -0.168. The molecule has 0 spiro atoms. The van der Waals surface area contributed by atoms with E-state index >= 15 is 0 Å². The number of hydrogen-bond acceptors (Lipinski definition) is 4. The first-order valence-corrected chi connectivity index (χ1v) is 5.95. The van der Waals surface area contributed by atoms with Crippen molar-refractivity contribution in [3.8, 4) is 0 Å². The maximum absolute atomic E-state index is 11.5. The maximum Gasteiger partial charge on any atom is 0.311 e. The molecule has 1 saturated heterocycles. The van der Waals surface area contributed by atoms with Gasteiger partial charge in [-0.3, -0.25) is 4.79 Å². The lowest BCUT2D eigenvalue weighted by Crippen LogP contribution is -2.48. The van der Waals surface area contributed by atoms with Crippen LogP contribution in [0.2, 0.25) is 0 Å². The van der Waals surface area contributed by atoms with E-state index in [1.165, 1.54) is 7.11 Å². The summed E-state index contributed by atoms with van der Waals surface area (Å²) >= 11 is 0. The first-order valence-electron chi connectivity index (χ1n) is 5.95. The molecule has 0 saturated carbocycles. The molecule has 1 fully saturated rings. The van der Waals surface area contributed by atoms with Gasteiger partial charge in [-0.05, 0) is 13.3 Å². The van der Waals surface area contributed by atoms with Crippen molar-refractivity contribution in [3.63, 3.8) is 0 Å². The summed E-state index contributed by atoms with van der Waals surface area (Å²) in [4.78, 5) is 11.5. The highest BCUT2D eigenvalue weighted by Crippen LogP contribution is 2.33. The summed E-state index contributed by atoms with van der Waals surface area (Å²) in [5.74, 6) is -0.833. The van der Waals surface area contributed by atoms with E-state index in [0.717, 1.165) is 12.8 Å². The molecule has 1 heterocycles. The topological polar surface area (TPSA) is 55.8 Å². The Labute approximate surface area is 96.9 Å². The predicted molar refractivity (Wildman–Crippen MR) is 60.0 cm³/mol. The van der Waals surface area contributed by atoms with Crippen LogP contribution in [0.4, 0.5) is 0 Å². The van der Waals surface area contributed by atoms with E-state index in [4.69, 9.17) is 4.74 Å². The van der Waals surface area contributed by atoms with Crippen LogP contribution >= 0.6 is 0 Å². The summed E-state index contributed by atoms with van der Waals surface area (Å²) in [5, 5.41) is 10.5. The van der Waals surface area contributed by atoms with Crippen molar-refractivity contribution in [3.05, 3.63) is 0 Å². The average Bonchev–Trinajstić information content (AvgIpc) is 2.27. The van der Waals surface area contributed by atoms with E-state index < -0.39 is 11.5 Å². The minimum Gasteiger partial charge on any atom is -0.469 e. The van der Waals surface area contributed by atoms with Gasteiger partial charge in [-0.1, -0.05) is 13.3 Å². The SMILES string of the molecule is CCCC1CC(O)(C(C)C(=O)OC)CCO1. The first kappa shape index (κ1) is 13.5. The normalized spacial score (nSPS) is 32.1. The van der Waals surface area contributed by atoms with E-state index in [0.29, 0.717) is 19.4 Å². The van der Waals surface area contributed by atoms with Crippen molar-refractivity contribution in [1.82, 2.24) is 0 Å². The van der Waals surface area contributed by atoms with Crippen molar-refractivity contribution in [2.45, 2.75) is 51.2 Å². The Morgan fingerprint density at radius 2 is 2.38 bits per heavy atom. The molecule has 4 heteroatoms. The molecule has 0 radical (unpaired) electrons. The predicted octanol–water partition coefficient (Wildman–Crippen LogP) is 1.51. The lowest BCUT2D eigenvalue weighted by atomic mass is 9.79. The molecule has 16 heavy (non-hydrogen) atoms. The van der Waals surface area contributed by atoms with Crippen molar-refractivity contribution in [2.24, 2.45) is 5.92 Å². The molecule has 94 valence electrons. The average molecular weight is 230 g/mol. The Morgan fingerprint density at radius 1 is 1.69 bits per heavy atom. The third-order valence-electron chi connectivity index (χ3n) is 3.44. The minimum absolute atomic E-state index is 0.0656. The van der Waals surface area contributed by atoms with Crippen LogP contribution in [-0.2, 0) is 14.3 Å². The summed E-state index contributed by atoms with van der Waals surface area (Å²) in [6.07, 6.45) is 3.04. The molecule has 0 aliphatic carbocycles. The van der Waals surface area contributed by atoms with Gasteiger partial charge in [0.2, 0.25) is 0 Å². The van der Waals surface area contributed by atoms with Gasteiger partial charge in [0.15, 0.2) is 0 Å². The van der Waals surface area contributed by atoms with Crippen molar-refractivity contribution >= 4 is 5.97 Å². The number of aliphatic hydroxyl groups is 1. The molecule has 1 N–H and O–H groups in total. The number of rotatable bonds is 4. The van der Waals surface area contributed by atoms with Gasteiger partial charge >= 0.3 is 5.97 Å². The van der Waals surface area contributed by atoms with Gasteiger partial charge in [-0.2, -0.15) is 0 Å². The van der Waals surface area contributed by atoms with Crippen LogP contribution in [0, 0.1) is 5.92 Å². The molecule has 3 atom stereocenters. The van der Waals surface area contributed by atoms with Gasteiger partial charge in [0, 0.05) is 19.4 Å².